The van der Waals surface area contributed by atoms with E-state index in [0.717, 1.165) is 0 Å². The van der Waals surface area contributed by atoms with Crippen LogP contribution in [0.5, 0.6) is 5.75 Å². The van der Waals surface area contributed by atoms with Crippen LogP contribution in [0.1, 0.15) is 19.4 Å². The number of hydrogen-bond acceptors (Lipinski definition) is 4. The summed E-state index contributed by atoms with van der Waals surface area (Å²) in [5.74, 6) is 0.0521. The zero-order valence-corrected chi connectivity index (χ0v) is 10.5. The summed E-state index contributed by atoms with van der Waals surface area (Å²) in [5, 5.41) is 10.6. The van der Waals surface area contributed by atoms with Crippen LogP contribution in [0, 0.1) is 0 Å². The molecule has 1 aliphatic heterocycles. The lowest BCUT2D eigenvalue weighted by Gasteiger charge is -2.09. The fourth-order valence-corrected chi connectivity index (χ4v) is 3.15. The van der Waals surface area contributed by atoms with Crippen molar-refractivity contribution in [3.63, 3.8) is 0 Å². The zero-order valence-electron chi connectivity index (χ0n) is 9.67. The van der Waals surface area contributed by atoms with Crippen molar-refractivity contribution in [1.29, 1.82) is 0 Å². The number of hydrogen-bond donors (Lipinski definition) is 1. The van der Waals surface area contributed by atoms with E-state index in [-0.39, 0.29) is 23.4 Å². The van der Waals surface area contributed by atoms with Crippen molar-refractivity contribution >= 4 is 15.4 Å². The number of benzene rings is 1. The summed E-state index contributed by atoms with van der Waals surface area (Å²) in [4.78, 5) is 0.234. The SMILES string of the molecule is CC(C)OCC1=CS(=O)(=O)c2ccc(O)cc21. The van der Waals surface area contributed by atoms with Gasteiger partial charge in [0, 0.05) is 11.0 Å². The first kappa shape index (κ1) is 12.1. The van der Waals surface area contributed by atoms with E-state index in [1.807, 2.05) is 13.8 Å². The Balaban J connectivity index is 2.41. The number of aromatic hydroxyl groups is 1. The van der Waals surface area contributed by atoms with E-state index in [1.165, 1.54) is 23.6 Å². The molecule has 17 heavy (non-hydrogen) atoms. The van der Waals surface area contributed by atoms with Gasteiger partial charge in [-0.3, -0.25) is 0 Å². The Morgan fingerprint density at radius 3 is 2.71 bits per heavy atom. The third kappa shape index (κ3) is 2.35. The van der Waals surface area contributed by atoms with E-state index >= 15 is 0 Å². The standard InChI is InChI=1S/C12H14O4S/c1-8(2)16-6-9-7-17(14,15)12-4-3-10(13)5-11(9)12/h3-5,7-8,13H,6H2,1-2H3. The molecule has 0 atom stereocenters. The molecule has 1 N–H and O–H groups in total. The van der Waals surface area contributed by atoms with Crippen molar-refractivity contribution < 1.29 is 18.3 Å². The smallest absolute Gasteiger partial charge is 0.200 e. The Hall–Kier alpha value is -1.33. The normalized spacial score (nSPS) is 17.0. The van der Waals surface area contributed by atoms with E-state index in [9.17, 15) is 13.5 Å². The van der Waals surface area contributed by atoms with Gasteiger partial charge in [-0.05, 0) is 37.6 Å². The molecule has 0 radical (unpaired) electrons. The van der Waals surface area contributed by atoms with Gasteiger partial charge in [0.15, 0.2) is 0 Å². The Labute approximate surface area is 100 Å². The molecule has 0 saturated carbocycles. The first-order valence-electron chi connectivity index (χ1n) is 5.31. The van der Waals surface area contributed by atoms with Crippen LogP contribution in [0.4, 0.5) is 0 Å². The lowest BCUT2D eigenvalue weighted by molar-refractivity contribution is 0.107. The second-order valence-electron chi connectivity index (χ2n) is 4.23. The van der Waals surface area contributed by atoms with Crippen molar-refractivity contribution in [2.45, 2.75) is 24.8 Å². The fourth-order valence-electron chi connectivity index (χ4n) is 1.70. The van der Waals surface area contributed by atoms with E-state index < -0.39 is 9.84 Å². The maximum absolute atomic E-state index is 11.8. The molecule has 0 amide bonds. The molecule has 0 bridgehead atoms. The first-order valence-corrected chi connectivity index (χ1v) is 6.85. The minimum atomic E-state index is -3.37. The van der Waals surface area contributed by atoms with Crippen LogP contribution in [-0.2, 0) is 14.6 Å². The average molecular weight is 254 g/mol. The average Bonchev–Trinajstić information content (AvgIpc) is 2.47. The molecule has 0 aliphatic carbocycles. The van der Waals surface area contributed by atoms with Gasteiger partial charge in [-0.2, -0.15) is 0 Å². The summed E-state index contributed by atoms with van der Waals surface area (Å²) in [6, 6.07) is 4.24. The molecule has 0 spiro atoms. The maximum atomic E-state index is 11.8. The minimum Gasteiger partial charge on any atom is -0.508 e. The van der Waals surface area contributed by atoms with Gasteiger partial charge in [0.05, 0.1) is 17.6 Å². The fraction of sp³-hybridized carbons (Fsp3) is 0.333. The molecule has 5 heteroatoms. The van der Waals surface area contributed by atoms with Crippen molar-refractivity contribution in [3.05, 3.63) is 29.2 Å². The predicted molar refractivity (Wildman–Crippen MR) is 64.4 cm³/mol. The molecule has 1 aromatic rings. The Morgan fingerprint density at radius 1 is 1.35 bits per heavy atom. The van der Waals surface area contributed by atoms with Crippen molar-refractivity contribution in [2.24, 2.45) is 0 Å². The van der Waals surface area contributed by atoms with Gasteiger partial charge in [-0.1, -0.05) is 0 Å². The minimum absolute atomic E-state index is 0.0277. The topological polar surface area (TPSA) is 63.6 Å². The van der Waals surface area contributed by atoms with Gasteiger partial charge < -0.3 is 9.84 Å². The molecular weight excluding hydrogens is 240 g/mol. The number of fused-ring (bicyclic) bond motifs is 1. The molecule has 0 fully saturated rings. The van der Waals surface area contributed by atoms with E-state index in [0.29, 0.717) is 11.1 Å². The summed E-state index contributed by atoms with van der Waals surface area (Å²) in [6.07, 6.45) is 0.0277. The molecular formula is C12H14O4S. The summed E-state index contributed by atoms with van der Waals surface area (Å²) in [5.41, 5.74) is 1.12. The third-order valence-electron chi connectivity index (χ3n) is 2.49. The Morgan fingerprint density at radius 2 is 2.06 bits per heavy atom. The number of ether oxygens (including phenoxy) is 1. The molecule has 0 unspecified atom stereocenters. The van der Waals surface area contributed by atoms with Gasteiger partial charge in [0.2, 0.25) is 9.84 Å². The van der Waals surface area contributed by atoms with Gasteiger partial charge in [-0.25, -0.2) is 8.42 Å². The van der Waals surface area contributed by atoms with Gasteiger partial charge in [-0.15, -0.1) is 0 Å². The zero-order chi connectivity index (χ0) is 12.6. The van der Waals surface area contributed by atoms with Gasteiger partial charge >= 0.3 is 0 Å². The predicted octanol–water partition coefficient (Wildman–Crippen LogP) is 1.95. The van der Waals surface area contributed by atoms with Crippen LogP contribution in [-0.4, -0.2) is 26.2 Å². The summed E-state index contributed by atoms with van der Waals surface area (Å²) in [7, 11) is -3.37. The third-order valence-corrected chi connectivity index (χ3v) is 4.05. The highest BCUT2D eigenvalue weighted by molar-refractivity contribution is 7.95. The summed E-state index contributed by atoms with van der Waals surface area (Å²) < 4.78 is 29.0. The van der Waals surface area contributed by atoms with E-state index in [1.54, 1.807) is 0 Å². The molecule has 0 saturated heterocycles. The van der Waals surface area contributed by atoms with Gasteiger partial charge in [0.25, 0.3) is 0 Å². The molecule has 2 rings (SSSR count). The van der Waals surface area contributed by atoms with Crippen LogP contribution >= 0.6 is 0 Å². The number of phenolic OH excluding ortho intramolecular Hbond substituents is 1. The van der Waals surface area contributed by atoms with E-state index in [4.69, 9.17) is 4.74 Å². The Bertz CT molecular complexity index is 570. The van der Waals surface area contributed by atoms with Crippen LogP contribution in [0.3, 0.4) is 0 Å². The van der Waals surface area contributed by atoms with Crippen molar-refractivity contribution in [1.82, 2.24) is 0 Å². The van der Waals surface area contributed by atoms with Crippen molar-refractivity contribution in [2.75, 3.05) is 6.61 Å². The Kier molecular flexibility index (Phi) is 2.97. The largest absolute Gasteiger partial charge is 0.508 e. The summed E-state index contributed by atoms with van der Waals surface area (Å²) in [6.45, 7) is 3.99. The number of phenols is 1. The quantitative estimate of drug-likeness (QED) is 0.895. The molecule has 1 heterocycles. The van der Waals surface area contributed by atoms with E-state index in [2.05, 4.69) is 0 Å². The maximum Gasteiger partial charge on any atom is 0.200 e. The highest BCUT2D eigenvalue weighted by Gasteiger charge is 2.27. The van der Waals surface area contributed by atoms with Crippen LogP contribution < -0.4 is 0 Å². The monoisotopic (exact) mass is 254 g/mol. The molecule has 0 aromatic heterocycles. The van der Waals surface area contributed by atoms with Crippen LogP contribution in [0.15, 0.2) is 28.5 Å². The lowest BCUT2D eigenvalue weighted by atomic mass is 10.1. The molecule has 4 nitrogen and oxygen atoms in total. The second kappa shape index (κ2) is 4.16. The molecule has 92 valence electrons. The number of sulfone groups is 1. The molecule has 1 aromatic carbocycles. The van der Waals surface area contributed by atoms with Crippen LogP contribution in [0.25, 0.3) is 5.57 Å². The number of rotatable bonds is 3. The summed E-state index contributed by atoms with van der Waals surface area (Å²) >= 11 is 0. The highest BCUT2D eigenvalue weighted by Crippen LogP contribution is 2.35. The van der Waals surface area contributed by atoms with Crippen molar-refractivity contribution in [3.8, 4) is 5.75 Å². The first-order chi connectivity index (χ1) is 7.90. The van der Waals surface area contributed by atoms with Crippen LogP contribution in [0.2, 0.25) is 0 Å². The second-order valence-corrected chi connectivity index (χ2v) is 5.99. The molecule has 1 aliphatic rings. The highest BCUT2D eigenvalue weighted by atomic mass is 32.2. The van der Waals surface area contributed by atoms with Gasteiger partial charge in [0.1, 0.15) is 5.75 Å². The lowest BCUT2D eigenvalue weighted by Crippen LogP contribution is -2.04.